The van der Waals surface area contributed by atoms with E-state index in [2.05, 4.69) is 27.9 Å². The number of likely N-dealkylation sites (N-methyl/N-ethyl adjacent to an activating group) is 1. The Morgan fingerprint density at radius 1 is 1.13 bits per heavy atom. The summed E-state index contributed by atoms with van der Waals surface area (Å²) in [6, 6.07) is 11.6. The molecule has 4 aromatic rings. The zero-order valence-corrected chi connectivity index (χ0v) is 22.7. The van der Waals surface area contributed by atoms with E-state index in [1.807, 2.05) is 77.3 Å². The quantitative estimate of drug-likeness (QED) is 0.360. The lowest BCUT2D eigenvalue weighted by Crippen LogP contribution is -2.35. The molecule has 1 atom stereocenters. The van der Waals surface area contributed by atoms with E-state index in [0.29, 0.717) is 31.1 Å². The molecule has 0 aliphatic carbocycles. The molecular weight excluding hydrogens is 490 g/mol. The van der Waals surface area contributed by atoms with Gasteiger partial charge in [0.2, 0.25) is 11.9 Å². The molecule has 5 rings (SSSR count). The molecule has 1 aromatic carbocycles. The Balaban J connectivity index is 1.46. The molecule has 1 fully saturated rings. The molecule has 0 saturated carbocycles. The van der Waals surface area contributed by atoms with Crippen molar-refractivity contribution in [3.8, 4) is 5.69 Å². The predicted octanol–water partition coefficient (Wildman–Crippen LogP) is 4.45. The zero-order chi connectivity index (χ0) is 27.4. The van der Waals surface area contributed by atoms with Crippen molar-refractivity contribution in [1.29, 1.82) is 0 Å². The van der Waals surface area contributed by atoms with E-state index >= 15 is 0 Å². The highest BCUT2D eigenvalue weighted by atomic mass is 16.2. The summed E-state index contributed by atoms with van der Waals surface area (Å²) in [6.45, 7) is 4.04. The number of hydrogen-bond acceptors (Lipinski definition) is 5. The highest BCUT2D eigenvalue weighted by Crippen LogP contribution is 2.32. The Bertz CT molecular complexity index is 1490. The molecule has 1 N–H and O–H groups in total. The number of nitrogens with zero attached hydrogens (tertiary/aromatic N) is 6. The lowest BCUT2D eigenvalue weighted by molar-refractivity contribution is -0.126. The van der Waals surface area contributed by atoms with Crippen LogP contribution in [0.5, 0.6) is 0 Å². The van der Waals surface area contributed by atoms with Gasteiger partial charge in [0, 0.05) is 44.3 Å². The van der Waals surface area contributed by atoms with Gasteiger partial charge in [-0.15, -0.1) is 0 Å². The molecule has 1 aliphatic heterocycles. The monoisotopic (exact) mass is 525 g/mol. The fourth-order valence-electron chi connectivity index (χ4n) is 5.14. The Hall–Kier alpha value is -4.24. The van der Waals surface area contributed by atoms with Gasteiger partial charge in [-0.3, -0.25) is 19.9 Å². The third-order valence-electron chi connectivity index (χ3n) is 7.08. The third kappa shape index (κ3) is 5.93. The second kappa shape index (κ2) is 11.7. The summed E-state index contributed by atoms with van der Waals surface area (Å²) in [5, 5.41) is 3.07. The normalized spacial score (nSPS) is 16.2. The minimum Gasteiger partial charge on any atom is -0.337 e. The molecule has 0 bridgehead atoms. The average Bonchev–Trinajstić information content (AvgIpc) is 3.52. The van der Waals surface area contributed by atoms with Crippen LogP contribution in [0.15, 0.2) is 73.3 Å². The van der Waals surface area contributed by atoms with E-state index in [1.165, 1.54) is 0 Å². The minimum absolute atomic E-state index is 0.0170. The number of hydrogen-bond donors (Lipinski definition) is 1. The van der Waals surface area contributed by atoms with Gasteiger partial charge in [-0.05, 0) is 70.1 Å². The van der Waals surface area contributed by atoms with E-state index in [-0.39, 0.29) is 17.9 Å². The van der Waals surface area contributed by atoms with Gasteiger partial charge in [-0.1, -0.05) is 18.2 Å². The van der Waals surface area contributed by atoms with Gasteiger partial charge >= 0.3 is 0 Å². The first-order valence-electron chi connectivity index (χ1n) is 13.4. The summed E-state index contributed by atoms with van der Waals surface area (Å²) in [6.07, 6.45) is 13.5. The number of imidazole rings is 1. The maximum absolute atomic E-state index is 13.5. The number of nitrogens with one attached hydrogen (secondary N) is 1. The van der Waals surface area contributed by atoms with Crippen molar-refractivity contribution < 1.29 is 9.59 Å². The number of rotatable bonds is 7. The number of pyridine rings is 1. The van der Waals surface area contributed by atoms with Crippen molar-refractivity contribution in [3.63, 3.8) is 0 Å². The van der Waals surface area contributed by atoms with Crippen LogP contribution >= 0.6 is 0 Å². The number of fused-ring (bicyclic) bond motifs is 1. The van der Waals surface area contributed by atoms with Crippen molar-refractivity contribution >= 4 is 28.8 Å². The minimum atomic E-state index is -0.279. The van der Waals surface area contributed by atoms with Crippen LogP contribution in [0.2, 0.25) is 0 Å². The molecule has 1 saturated heterocycles. The summed E-state index contributed by atoms with van der Waals surface area (Å²) in [5.41, 5.74) is 4.12. The number of carbonyl (C=O) groups excluding carboxylic acids is 2. The van der Waals surface area contributed by atoms with Gasteiger partial charge < -0.3 is 18.9 Å². The first-order chi connectivity index (χ1) is 18.9. The van der Waals surface area contributed by atoms with Crippen molar-refractivity contribution in [1.82, 2.24) is 28.9 Å². The van der Waals surface area contributed by atoms with Crippen molar-refractivity contribution in [3.05, 3.63) is 84.5 Å². The maximum Gasteiger partial charge on any atom is 0.259 e. The molecule has 9 nitrogen and oxygen atoms in total. The number of likely N-dealkylation sites (tertiary alicyclic amines) is 1. The van der Waals surface area contributed by atoms with E-state index < -0.39 is 0 Å². The fraction of sp³-hybridized carbons (Fsp3) is 0.333. The van der Waals surface area contributed by atoms with Crippen LogP contribution in [0.4, 0.5) is 5.95 Å². The lowest BCUT2D eigenvalue weighted by atomic mass is 10.1. The Morgan fingerprint density at radius 2 is 1.95 bits per heavy atom. The summed E-state index contributed by atoms with van der Waals surface area (Å²) in [5.74, 6) is 0.223. The van der Waals surface area contributed by atoms with E-state index in [9.17, 15) is 9.59 Å². The molecule has 4 heterocycles. The fourth-order valence-corrected chi connectivity index (χ4v) is 5.14. The molecule has 202 valence electrons. The van der Waals surface area contributed by atoms with Crippen LogP contribution in [0.25, 0.3) is 16.7 Å². The Labute approximate surface area is 228 Å². The topological polar surface area (TPSA) is 88.3 Å². The summed E-state index contributed by atoms with van der Waals surface area (Å²) >= 11 is 0. The van der Waals surface area contributed by atoms with Crippen LogP contribution < -0.4 is 5.32 Å². The molecule has 39 heavy (non-hydrogen) atoms. The van der Waals surface area contributed by atoms with Crippen LogP contribution in [0.1, 0.15) is 41.2 Å². The molecule has 1 aliphatic rings. The highest BCUT2D eigenvalue weighted by Gasteiger charge is 2.27. The smallest absolute Gasteiger partial charge is 0.259 e. The van der Waals surface area contributed by atoms with Crippen LogP contribution in [-0.4, -0.2) is 74.4 Å². The molecule has 0 radical (unpaired) electrons. The molecule has 2 amide bonds. The van der Waals surface area contributed by atoms with Crippen molar-refractivity contribution in [2.75, 3.05) is 39.0 Å². The van der Waals surface area contributed by atoms with Crippen LogP contribution in [-0.2, 0) is 4.79 Å². The van der Waals surface area contributed by atoms with Crippen molar-refractivity contribution in [2.45, 2.75) is 32.2 Å². The summed E-state index contributed by atoms with van der Waals surface area (Å²) < 4.78 is 4.04. The standard InChI is InChI=1S/C30H35N7O2/c1-22-10-8-12-26-28(22)37(24-11-4-5-17-36(21-24)27(38)13-9-14-34(2)3)30(32-26)33-29(39)23-18-25(20-31-19-23)35-15-6-7-16-35/h6-10,12-13,15-16,18-20,24H,4-5,11,14,17,21H2,1-3H3,(H,32,33,39)/t24-/m1/s1. The Morgan fingerprint density at radius 3 is 2.74 bits per heavy atom. The molecular formula is C30H35N7O2. The van der Waals surface area contributed by atoms with Gasteiger partial charge in [0.15, 0.2) is 0 Å². The number of benzene rings is 1. The van der Waals surface area contributed by atoms with Gasteiger partial charge in [0.05, 0.1) is 34.5 Å². The molecule has 3 aromatic heterocycles. The number of anilines is 1. The van der Waals surface area contributed by atoms with Crippen LogP contribution in [0, 0.1) is 6.92 Å². The Kier molecular flexibility index (Phi) is 7.88. The zero-order valence-electron chi connectivity index (χ0n) is 22.7. The maximum atomic E-state index is 13.5. The van der Waals surface area contributed by atoms with E-state index in [4.69, 9.17) is 4.98 Å². The average molecular weight is 526 g/mol. The molecule has 0 spiro atoms. The second-order valence-electron chi connectivity index (χ2n) is 10.3. The summed E-state index contributed by atoms with van der Waals surface area (Å²) in [4.78, 5) is 39.6. The summed E-state index contributed by atoms with van der Waals surface area (Å²) in [7, 11) is 3.96. The van der Waals surface area contributed by atoms with E-state index in [1.54, 1.807) is 18.5 Å². The highest BCUT2D eigenvalue weighted by molar-refractivity contribution is 6.04. The largest absolute Gasteiger partial charge is 0.337 e. The number of amides is 2. The number of carbonyl (C=O) groups is 2. The number of aromatic nitrogens is 4. The first kappa shape index (κ1) is 26.4. The van der Waals surface area contributed by atoms with Gasteiger partial charge in [-0.2, -0.15) is 0 Å². The lowest BCUT2D eigenvalue weighted by Gasteiger charge is -2.26. The van der Waals surface area contributed by atoms with Gasteiger partial charge in [-0.25, -0.2) is 4.98 Å². The molecule has 0 unspecified atom stereocenters. The second-order valence-corrected chi connectivity index (χ2v) is 10.3. The third-order valence-corrected chi connectivity index (χ3v) is 7.08. The first-order valence-corrected chi connectivity index (χ1v) is 13.4. The van der Waals surface area contributed by atoms with Gasteiger partial charge in [0.25, 0.3) is 5.91 Å². The predicted molar refractivity (Wildman–Crippen MR) is 153 cm³/mol. The van der Waals surface area contributed by atoms with Crippen LogP contribution in [0.3, 0.4) is 0 Å². The van der Waals surface area contributed by atoms with Crippen molar-refractivity contribution in [2.24, 2.45) is 0 Å². The van der Waals surface area contributed by atoms with Gasteiger partial charge in [0.1, 0.15) is 0 Å². The van der Waals surface area contributed by atoms with E-state index in [0.717, 1.165) is 41.5 Å². The number of para-hydroxylation sites is 1. The number of aryl methyl sites for hydroxylation is 1. The molecule has 9 heteroatoms. The SMILES string of the molecule is Cc1cccc2nc(NC(=O)c3cncc(-n4cccc4)c3)n([C@@H]3CCCCN(C(=O)C=CCN(C)C)C3)c12.